The van der Waals surface area contributed by atoms with E-state index in [1.807, 2.05) is 0 Å². The average Bonchev–Trinajstić information content (AvgIpc) is 3.04. The van der Waals surface area contributed by atoms with Crippen LogP contribution in [-0.4, -0.2) is 42.6 Å². The van der Waals surface area contributed by atoms with Crippen LogP contribution in [0, 0.1) is 12.8 Å². The van der Waals surface area contributed by atoms with Crippen molar-refractivity contribution < 1.29 is 23.0 Å². The van der Waals surface area contributed by atoms with Gasteiger partial charge < -0.3 is 10.6 Å². The molecule has 1 unspecified atom stereocenters. The highest BCUT2D eigenvalue weighted by molar-refractivity contribution is 5.92. The van der Waals surface area contributed by atoms with E-state index in [1.165, 1.54) is 4.52 Å². The molecule has 1 atom stereocenters. The number of carbonyl (C=O) groups excluding carboxylic acids is 2. The third-order valence-corrected chi connectivity index (χ3v) is 4.60. The van der Waals surface area contributed by atoms with Gasteiger partial charge in [-0.2, -0.15) is 5.10 Å². The molecule has 0 aromatic carbocycles. The molecule has 2 amide bonds. The molecule has 2 N–H and O–H groups in total. The van der Waals surface area contributed by atoms with Gasteiger partial charge in [-0.05, 0) is 23.7 Å². The summed E-state index contributed by atoms with van der Waals surface area (Å²) in [6.07, 6.45) is 2.79. The van der Waals surface area contributed by atoms with Crippen LogP contribution in [0.3, 0.4) is 0 Å². The number of carbonyl (C=O) groups is 2. The van der Waals surface area contributed by atoms with E-state index in [0.717, 1.165) is 0 Å². The molecule has 1 aliphatic carbocycles. The molecule has 0 spiro atoms. The fraction of sp³-hybridized carbons (Fsp3) is 0.412. The minimum Gasteiger partial charge on any atom is -0.352 e. The molecule has 0 saturated heterocycles. The lowest BCUT2D eigenvalue weighted by Gasteiger charge is -2.05. The third kappa shape index (κ3) is 4.20. The summed E-state index contributed by atoms with van der Waals surface area (Å²) in [5.74, 6) is -4.41. The molecule has 152 valence electrons. The van der Waals surface area contributed by atoms with Gasteiger partial charge >= 0.3 is 0 Å². The van der Waals surface area contributed by atoms with Crippen molar-refractivity contribution in [1.29, 1.82) is 0 Å². The number of fused-ring (bicyclic) bond motifs is 1. The van der Waals surface area contributed by atoms with Gasteiger partial charge in [0.25, 0.3) is 11.8 Å². The molecule has 4 rings (SSSR count). The topological polar surface area (TPSA) is 127 Å². The van der Waals surface area contributed by atoms with E-state index in [9.17, 15) is 18.4 Å². The van der Waals surface area contributed by atoms with Crippen LogP contribution in [0.4, 0.5) is 8.78 Å². The Morgan fingerprint density at radius 3 is 2.79 bits per heavy atom. The van der Waals surface area contributed by atoms with E-state index in [2.05, 4.69) is 35.7 Å². The van der Waals surface area contributed by atoms with E-state index in [-0.39, 0.29) is 31.6 Å². The minimum absolute atomic E-state index is 0.105. The maximum atomic E-state index is 12.9. The Morgan fingerprint density at radius 2 is 2.10 bits per heavy atom. The summed E-state index contributed by atoms with van der Waals surface area (Å²) in [5, 5.41) is 16.6. The fourth-order valence-corrected chi connectivity index (χ4v) is 2.83. The van der Waals surface area contributed by atoms with Gasteiger partial charge in [0.15, 0.2) is 11.3 Å². The fourth-order valence-electron chi connectivity index (χ4n) is 2.83. The highest BCUT2D eigenvalue weighted by Gasteiger charge is 2.57. The molecule has 12 heteroatoms. The normalized spacial score (nSPS) is 17.3. The number of aryl methyl sites for hydroxylation is 1. The van der Waals surface area contributed by atoms with Crippen LogP contribution in [0.5, 0.6) is 0 Å². The predicted molar refractivity (Wildman–Crippen MR) is 92.7 cm³/mol. The first kappa shape index (κ1) is 18.9. The first-order valence-electron chi connectivity index (χ1n) is 8.87. The summed E-state index contributed by atoms with van der Waals surface area (Å²) in [7, 11) is 0. The number of nitrogens with one attached hydrogen (secondary N) is 2. The zero-order chi connectivity index (χ0) is 20.6. The standard InChI is InChI=1S/C17H17F2N7O3/c1-9-15(25-29-24-9)16(28)21-7-12-8-26-13(23-12)2-10(6-22-26)5-20-14(27)3-11-4-17(11,18)19/h2,6,8,11H,3-5,7H2,1H3,(H,20,27)(H,21,28). The smallest absolute Gasteiger partial charge is 0.275 e. The number of halogens is 2. The number of nitrogens with zero attached hydrogens (tertiary/aromatic N) is 5. The monoisotopic (exact) mass is 405 g/mol. The highest BCUT2D eigenvalue weighted by atomic mass is 19.3. The van der Waals surface area contributed by atoms with Crippen LogP contribution >= 0.6 is 0 Å². The number of amides is 2. The number of hydrogen-bond donors (Lipinski definition) is 2. The molecule has 0 aliphatic heterocycles. The SMILES string of the molecule is Cc1nonc1C(=O)NCc1cn2ncc(CNC(=O)CC3CC3(F)F)cc2n1. The quantitative estimate of drug-likeness (QED) is 0.601. The lowest BCUT2D eigenvalue weighted by Crippen LogP contribution is -2.24. The van der Waals surface area contributed by atoms with Gasteiger partial charge in [0.2, 0.25) is 5.91 Å². The Hall–Kier alpha value is -3.44. The predicted octanol–water partition coefficient (Wildman–Crippen LogP) is 1.01. The molecule has 1 aliphatic rings. The van der Waals surface area contributed by atoms with Crippen LogP contribution in [0.25, 0.3) is 5.65 Å². The number of hydrogen-bond acceptors (Lipinski definition) is 7. The number of aromatic nitrogens is 5. The minimum atomic E-state index is -2.71. The van der Waals surface area contributed by atoms with E-state index < -0.39 is 23.7 Å². The van der Waals surface area contributed by atoms with Crippen LogP contribution < -0.4 is 10.6 Å². The van der Waals surface area contributed by atoms with Crippen LogP contribution in [-0.2, 0) is 17.9 Å². The summed E-state index contributed by atoms with van der Waals surface area (Å²) in [6.45, 7) is 1.92. The number of alkyl halides is 2. The van der Waals surface area contributed by atoms with Crippen molar-refractivity contribution in [3.05, 3.63) is 41.1 Å². The number of imidazole rings is 1. The van der Waals surface area contributed by atoms with Crippen molar-refractivity contribution in [2.75, 3.05) is 0 Å². The van der Waals surface area contributed by atoms with Crippen LogP contribution in [0.1, 0.15) is 40.3 Å². The summed E-state index contributed by atoms with van der Waals surface area (Å²) in [4.78, 5) is 28.1. The van der Waals surface area contributed by atoms with Gasteiger partial charge in [-0.15, -0.1) is 0 Å². The zero-order valence-corrected chi connectivity index (χ0v) is 15.4. The van der Waals surface area contributed by atoms with Crippen molar-refractivity contribution >= 4 is 17.5 Å². The van der Waals surface area contributed by atoms with Crippen LogP contribution in [0.15, 0.2) is 23.1 Å². The van der Waals surface area contributed by atoms with Crippen molar-refractivity contribution in [1.82, 2.24) is 35.5 Å². The van der Waals surface area contributed by atoms with Gasteiger partial charge in [0, 0.05) is 25.3 Å². The van der Waals surface area contributed by atoms with Gasteiger partial charge in [-0.3, -0.25) is 9.59 Å². The van der Waals surface area contributed by atoms with Crippen LogP contribution in [0.2, 0.25) is 0 Å². The van der Waals surface area contributed by atoms with Crippen molar-refractivity contribution in [2.24, 2.45) is 5.92 Å². The molecule has 1 fully saturated rings. The maximum Gasteiger partial charge on any atom is 0.275 e. The molecule has 3 heterocycles. The average molecular weight is 405 g/mol. The first-order chi connectivity index (χ1) is 13.8. The van der Waals surface area contributed by atoms with Gasteiger partial charge in [-0.25, -0.2) is 22.9 Å². The Morgan fingerprint density at radius 1 is 1.31 bits per heavy atom. The first-order valence-corrected chi connectivity index (χ1v) is 8.87. The molecule has 0 radical (unpaired) electrons. The van der Waals surface area contributed by atoms with Gasteiger partial charge in [0.1, 0.15) is 5.69 Å². The van der Waals surface area contributed by atoms with Gasteiger partial charge in [0.05, 0.1) is 24.6 Å². The molecular weight excluding hydrogens is 388 g/mol. The zero-order valence-electron chi connectivity index (χ0n) is 15.4. The molecule has 3 aromatic heterocycles. The Balaban J connectivity index is 1.33. The second-order valence-electron chi connectivity index (χ2n) is 6.92. The van der Waals surface area contributed by atoms with E-state index in [0.29, 0.717) is 22.6 Å². The lowest BCUT2D eigenvalue weighted by molar-refractivity contribution is -0.122. The number of rotatable bonds is 7. The molecule has 1 saturated carbocycles. The molecule has 10 nitrogen and oxygen atoms in total. The summed E-state index contributed by atoms with van der Waals surface area (Å²) in [5.41, 5.74) is 2.26. The summed E-state index contributed by atoms with van der Waals surface area (Å²) < 4.78 is 31.8. The Bertz CT molecular complexity index is 1080. The lowest BCUT2D eigenvalue weighted by atomic mass is 10.2. The van der Waals surface area contributed by atoms with Gasteiger partial charge in [-0.1, -0.05) is 5.16 Å². The largest absolute Gasteiger partial charge is 0.352 e. The molecule has 0 bridgehead atoms. The Labute approximate surface area is 162 Å². The second kappa shape index (κ2) is 7.18. The highest BCUT2D eigenvalue weighted by Crippen LogP contribution is 2.50. The molecular formula is C17H17F2N7O3. The van der Waals surface area contributed by atoms with E-state index in [1.54, 1.807) is 25.4 Å². The van der Waals surface area contributed by atoms with E-state index in [4.69, 9.17) is 0 Å². The molecule has 29 heavy (non-hydrogen) atoms. The molecule has 3 aromatic rings. The summed E-state index contributed by atoms with van der Waals surface area (Å²) in [6, 6.07) is 1.72. The second-order valence-corrected chi connectivity index (χ2v) is 6.92. The van der Waals surface area contributed by atoms with Crippen molar-refractivity contribution in [2.45, 2.75) is 38.8 Å². The van der Waals surface area contributed by atoms with E-state index >= 15 is 0 Å². The van der Waals surface area contributed by atoms with Crippen molar-refractivity contribution in [3.63, 3.8) is 0 Å². The maximum absolute atomic E-state index is 12.9. The summed E-state index contributed by atoms with van der Waals surface area (Å²) >= 11 is 0. The Kier molecular flexibility index (Phi) is 4.68. The third-order valence-electron chi connectivity index (χ3n) is 4.60. The van der Waals surface area contributed by atoms with Crippen molar-refractivity contribution in [3.8, 4) is 0 Å².